The largest absolute Gasteiger partial charge is 0.493 e. The van der Waals surface area contributed by atoms with Gasteiger partial charge in [0.25, 0.3) is 5.91 Å². The van der Waals surface area contributed by atoms with Crippen LogP contribution in [0.1, 0.15) is 49.4 Å². The van der Waals surface area contributed by atoms with Gasteiger partial charge in [0.2, 0.25) is 0 Å². The zero-order valence-corrected chi connectivity index (χ0v) is 15.6. The van der Waals surface area contributed by atoms with Crippen molar-refractivity contribution < 1.29 is 14.3 Å². The van der Waals surface area contributed by atoms with Gasteiger partial charge in [-0.05, 0) is 56.6 Å². The second-order valence-corrected chi connectivity index (χ2v) is 7.51. The molecule has 0 heterocycles. The molecule has 3 N–H and O–H groups in total. The molecule has 138 valence electrons. The number of hydrogen-bond donors (Lipinski definition) is 2. The molecule has 3 rings (SSSR count). The van der Waals surface area contributed by atoms with E-state index >= 15 is 0 Å². The van der Waals surface area contributed by atoms with E-state index in [1.54, 1.807) is 19.2 Å². The molecule has 1 amide bonds. The third kappa shape index (κ3) is 3.87. The number of methoxy groups -OCH3 is 1. The molecule has 2 atom stereocenters. The molecule has 1 aromatic carbocycles. The smallest absolute Gasteiger partial charge is 0.251 e. The number of carbonyl (C=O) groups excluding carboxylic acids is 1. The van der Waals surface area contributed by atoms with E-state index in [4.69, 9.17) is 26.8 Å². The summed E-state index contributed by atoms with van der Waals surface area (Å²) in [4.78, 5) is 12.8. The highest BCUT2D eigenvalue weighted by molar-refractivity contribution is 6.32. The van der Waals surface area contributed by atoms with Crippen LogP contribution in [0, 0.1) is 11.8 Å². The molecule has 25 heavy (non-hydrogen) atoms. The Hall–Kier alpha value is -1.46. The number of fused-ring (bicyclic) bond motifs is 2. The first-order valence-corrected chi connectivity index (χ1v) is 9.48. The van der Waals surface area contributed by atoms with Gasteiger partial charge in [0, 0.05) is 17.6 Å². The fourth-order valence-corrected chi connectivity index (χ4v) is 4.66. The van der Waals surface area contributed by atoms with Crippen molar-refractivity contribution in [1.82, 2.24) is 5.32 Å². The molecular formula is C19H27ClN2O3. The van der Waals surface area contributed by atoms with Crippen LogP contribution in [-0.4, -0.2) is 31.7 Å². The summed E-state index contributed by atoms with van der Waals surface area (Å²) < 4.78 is 10.9. The first-order valence-electron chi connectivity index (χ1n) is 9.10. The van der Waals surface area contributed by atoms with Crippen LogP contribution in [-0.2, 0) is 0 Å². The van der Waals surface area contributed by atoms with Gasteiger partial charge >= 0.3 is 0 Å². The highest BCUT2D eigenvalue weighted by atomic mass is 35.5. The van der Waals surface area contributed by atoms with Gasteiger partial charge in [-0.1, -0.05) is 18.0 Å². The maximum Gasteiger partial charge on any atom is 0.251 e. The lowest BCUT2D eigenvalue weighted by Crippen LogP contribution is -2.53. The summed E-state index contributed by atoms with van der Waals surface area (Å²) in [6.07, 6.45) is 5.51. The summed E-state index contributed by atoms with van der Waals surface area (Å²) >= 11 is 6.29. The van der Waals surface area contributed by atoms with Crippen molar-refractivity contribution in [2.75, 3.05) is 13.7 Å². The van der Waals surface area contributed by atoms with E-state index in [1.165, 1.54) is 6.42 Å². The first kappa shape index (κ1) is 18.3. The highest BCUT2D eigenvalue weighted by Gasteiger charge is 2.40. The van der Waals surface area contributed by atoms with E-state index in [2.05, 4.69) is 5.32 Å². The number of nitrogens with two attached hydrogens (primary N) is 1. The number of halogens is 1. The Bertz CT molecular complexity index is 623. The van der Waals surface area contributed by atoms with Crippen molar-refractivity contribution in [3.05, 3.63) is 22.7 Å². The van der Waals surface area contributed by atoms with Crippen LogP contribution in [0.15, 0.2) is 12.1 Å². The molecule has 2 bridgehead atoms. The van der Waals surface area contributed by atoms with Crippen molar-refractivity contribution in [3.8, 4) is 11.5 Å². The van der Waals surface area contributed by atoms with Crippen molar-refractivity contribution in [1.29, 1.82) is 0 Å². The molecule has 2 saturated carbocycles. The summed E-state index contributed by atoms with van der Waals surface area (Å²) in [5, 5.41) is 3.62. The fraction of sp³-hybridized carbons (Fsp3) is 0.632. The topological polar surface area (TPSA) is 73.6 Å². The lowest BCUT2D eigenvalue weighted by atomic mass is 9.67. The minimum absolute atomic E-state index is 0.111. The van der Waals surface area contributed by atoms with Gasteiger partial charge < -0.3 is 20.5 Å². The van der Waals surface area contributed by atoms with E-state index in [1.807, 2.05) is 6.92 Å². The molecule has 0 spiro atoms. The van der Waals surface area contributed by atoms with Crippen molar-refractivity contribution in [2.45, 2.75) is 51.1 Å². The number of benzene rings is 1. The molecule has 2 aliphatic carbocycles. The van der Waals surface area contributed by atoms with Crippen LogP contribution in [0.25, 0.3) is 0 Å². The molecule has 2 aliphatic rings. The summed E-state index contributed by atoms with van der Waals surface area (Å²) in [5.41, 5.74) is 6.67. The Morgan fingerprint density at radius 2 is 2.00 bits per heavy atom. The van der Waals surface area contributed by atoms with E-state index in [-0.39, 0.29) is 18.0 Å². The van der Waals surface area contributed by atoms with Crippen molar-refractivity contribution in [2.24, 2.45) is 17.6 Å². The lowest BCUT2D eigenvalue weighted by molar-refractivity contribution is 0.0755. The van der Waals surface area contributed by atoms with Gasteiger partial charge in [0.15, 0.2) is 11.5 Å². The number of ether oxygens (including phenoxy) is 2. The van der Waals surface area contributed by atoms with Gasteiger partial charge in [-0.25, -0.2) is 0 Å². The Balaban J connectivity index is 1.78. The van der Waals surface area contributed by atoms with E-state index in [0.717, 1.165) is 25.7 Å². The lowest BCUT2D eigenvalue weighted by Gasteiger charge is -2.45. The van der Waals surface area contributed by atoms with Crippen molar-refractivity contribution in [3.63, 3.8) is 0 Å². The summed E-state index contributed by atoms with van der Waals surface area (Å²) in [6, 6.07) is 3.81. The normalized spacial score (nSPS) is 28.3. The molecule has 2 fully saturated rings. The number of nitrogens with one attached hydrogen (secondary N) is 1. The van der Waals surface area contributed by atoms with Crippen LogP contribution in [0.5, 0.6) is 11.5 Å². The minimum Gasteiger partial charge on any atom is -0.493 e. The summed E-state index contributed by atoms with van der Waals surface area (Å²) in [6.45, 7) is 2.36. The van der Waals surface area contributed by atoms with Crippen LogP contribution < -0.4 is 20.5 Å². The number of hydrogen-bond acceptors (Lipinski definition) is 4. The van der Waals surface area contributed by atoms with Crippen molar-refractivity contribution >= 4 is 17.5 Å². The van der Waals surface area contributed by atoms with Crippen LogP contribution in [0.3, 0.4) is 0 Å². The predicted molar refractivity (Wildman–Crippen MR) is 98.5 cm³/mol. The molecule has 2 unspecified atom stereocenters. The van der Waals surface area contributed by atoms with Crippen LogP contribution >= 0.6 is 11.6 Å². The Kier molecular flexibility index (Phi) is 5.74. The molecule has 6 heteroatoms. The highest BCUT2D eigenvalue weighted by Crippen LogP contribution is 2.40. The Morgan fingerprint density at radius 3 is 2.60 bits per heavy atom. The van der Waals surface area contributed by atoms with Gasteiger partial charge in [-0.3, -0.25) is 4.79 Å². The van der Waals surface area contributed by atoms with E-state index in [0.29, 0.717) is 40.5 Å². The molecule has 0 aliphatic heterocycles. The maximum atomic E-state index is 12.8. The average Bonchev–Trinajstić information content (AvgIpc) is 2.57. The molecule has 1 aromatic rings. The SMILES string of the molecule is CCOc1c(Cl)cc(C(=O)NC2C3CCCC2CC(N)C3)cc1OC. The quantitative estimate of drug-likeness (QED) is 0.837. The maximum absolute atomic E-state index is 12.8. The second kappa shape index (κ2) is 7.83. The molecule has 0 saturated heterocycles. The van der Waals surface area contributed by atoms with Gasteiger partial charge in [0.1, 0.15) is 0 Å². The number of amides is 1. The van der Waals surface area contributed by atoms with Gasteiger partial charge in [0.05, 0.1) is 18.7 Å². The zero-order chi connectivity index (χ0) is 18.0. The van der Waals surface area contributed by atoms with E-state index < -0.39 is 0 Å². The van der Waals surface area contributed by atoms with Gasteiger partial charge in [-0.2, -0.15) is 0 Å². The third-order valence-corrected chi connectivity index (χ3v) is 5.74. The van der Waals surface area contributed by atoms with Crippen LogP contribution in [0.2, 0.25) is 5.02 Å². The standard InChI is InChI=1S/C19H27ClN2O3/c1-3-25-18-15(20)9-13(10-16(18)24-2)19(23)22-17-11-5-4-6-12(17)8-14(21)7-11/h9-12,14,17H,3-8,21H2,1-2H3,(H,22,23). The molecule has 0 radical (unpaired) electrons. The molecule has 0 aromatic heterocycles. The molecule has 5 nitrogen and oxygen atoms in total. The van der Waals surface area contributed by atoms with Crippen LogP contribution in [0.4, 0.5) is 0 Å². The summed E-state index contributed by atoms with van der Waals surface area (Å²) in [5.74, 6) is 1.80. The summed E-state index contributed by atoms with van der Waals surface area (Å²) in [7, 11) is 1.54. The second-order valence-electron chi connectivity index (χ2n) is 7.10. The monoisotopic (exact) mass is 366 g/mol. The average molecular weight is 367 g/mol. The first-order chi connectivity index (χ1) is 12.0. The number of carbonyl (C=O) groups is 1. The number of rotatable bonds is 5. The predicted octanol–water partition coefficient (Wildman–Crippen LogP) is 3.38. The van der Waals surface area contributed by atoms with E-state index in [9.17, 15) is 4.79 Å². The Morgan fingerprint density at radius 1 is 1.32 bits per heavy atom. The van der Waals surface area contributed by atoms with Gasteiger partial charge in [-0.15, -0.1) is 0 Å². The zero-order valence-electron chi connectivity index (χ0n) is 14.9. The Labute approximate surface area is 154 Å². The third-order valence-electron chi connectivity index (χ3n) is 5.45. The minimum atomic E-state index is -0.111. The molecular weight excluding hydrogens is 340 g/mol. The fourth-order valence-electron chi connectivity index (χ4n) is 4.39.